The first-order valence-corrected chi connectivity index (χ1v) is 7.69. The van der Waals surface area contributed by atoms with Crippen molar-refractivity contribution in [2.24, 2.45) is 0 Å². The Morgan fingerprint density at radius 1 is 1.43 bits per heavy atom. The van der Waals surface area contributed by atoms with E-state index >= 15 is 0 Å². The van der Waals surface area contributed by atoms with Gasteiger partial charge in [0.1, 0.15) is 11.9 Å². The molecule has 0 aromatic heterocycles. The van der Waals surface area contributed by atoms with E-state index in [2.05, 4.69) is 5.32 Å². The Morgan fingerprint density at radius 3 is 2.71 bits per heavy atom. The number of hydrogen-bond acceptors (Lipinski definition) is 3. The zero-order valence-electron chi connectivity index (χ0n) is 11.6. The Kier molecular flexibility index (Phi) is 5.06. The first kappa shape index (κ1) is 15.6. The molecule has 0 spiro atoms. The summed E-state index contributed by atoms with van der Waals surface area (Å²) in [5.74, 6) is -0.877. The number of halogens is 1. The molecule has 2 unspecified atom stereocenters. The van der Waals surface area contributed by atoms with Crippen LogP contribution in [0.3, 0.4) is 0 Å². The zero-order valence-corrected chi connectivity index (χ0v) is 12.4. The lowest BCUT2D eigenvalue weighted by Crippen LogP contribution is -2.49. The molecule has 5 nitrogen and oxygen atoms in total. The number of carboxylic acids is 1. The van der Waals surface area contributed by atoms with Crippen LogP contribution in [-0.2, 0) is 11.2 Å². The summed E-state index contributed by atoms with van der Waals surface area (Å²) in [4.78, 5) is 24.6. The van der Waals surface area contributed by atoms with E-state index in [0.717, 1.165) is 5.56 Å². The largest absolute Gasteiger partial charge is 0.480 e. The molecular formula is C14H17FN2O3S. The van der Waals surface area contributed by atoms with Gasteiger partial charge in [-0.2, -0.15) is 0 Å². The van der Waals surface area contributed by atoms with Crippen molar-refractivity contribution in [3.05, 3.63) is 35.6 Å². The third-order valence-electron chi connectivity index (χ3n) is 3.35. The normalized spacial score (nSPS) is 21.3. The van der Waals surface area contributed by atoms with Crippen LogP contribution in [0.2, 0.25) is 0 Å². The van der Waals surface area contributed by atoms with Crippen LogP contribution in [0.25, 0.3) is 0 Å². The number of hydrogen-bond donors (Lipinski definition) is 2. The van der Waals surface area contributed by atoms with Crippen LogP contribution in [0.1, 0.15) is 12.5 Å². The Balaban J connectivity index is 1.86. The fraction of sp³-hybridized carbons (Fsp3) is 0.429. The molecule has 1 fully saturated rings. The molecule has 1 aromatic carbocycles. The molecule has 0 bridgehead atoms. The first-order valence-electron chi connectivity index (χ1n) is 6.64. The average Bonchev–Trinajstić information content (AvgIpc) is 2.83. The standard InChI is InChI=1S/C14H17FN2O3S/c1-9-17(12(8-21-9)13(18)19)14(20)16-7-6-10-2-4-11(15)5-3-10/h2-5,9,12H,6-8H2,1H3,(H,16,20)(H,18,19). The maximum atomic E-state index is 12.8. The Morgan fingerprint density at radius 2 is 2.10 bits per heavy atom. The second-order valence-corrected chi connectivity index (χ2v) is 6.15. The van der Waals surface area contributed by atoms with Gasteiger partial charge in [-0.1, -0.05) is 12.1 Å². The van der Waals surface area contributed by atoms with E-state index in [1.54, 1.807) is 12.1 Å². The highest BCUT2D eigenvalue weighted by molar-refractivity contribution is 8.00. The fourth-order valence-electron chi connectivity index (χ4n) is 2.20. The predicted octanol–water partition coefficient (Wildman–Crippen LogP) is 1.93. The summed E-state index contributed by atoms with van der Waals surface area (Å²) in [6.45, 7) is 2.19. The minimum Gasteiger partial charge on any atom is -0.480 e. The van der Waals surface area contributed by atoms with Gasteiger partial charge in [0.15, 0.2) is 0 Å². The average molecular weight is 312 g/mol. The van der Waals surface area contributed by atoms with Gasteiger partial charge in [0.2, 0.25) is 0 Å². The van der Waals surface area contributed by atoms with Gasteiger partial charge in [0, 0.05) is 12.3 Å². The minimum absolute atomic E-state index is 0.156. The van der Waals surface area contributed by atoms with E-state index in [-0.39, 0.29) is 17.2 Å². The smallest absolute Gasteiger partial charge is 0.327 e. The van der Waals surface area contributed by atoms with E-state index in [0.29, 0.717) is 18.7 Å². The van der Waals surface area contributed by atoms with Gasteiger partial charge >= 0.3 is 12.0 Å². The summed E-state index contributed by atoms with van der Waals surface area (Å²) in [7, 11) is 0. The summed E-state index contributed by atoms with van der Waals surface area (Å²) in [5, 5.41) is 11.7. The van der Waals surface area contributed by atoms with Crippen LogP contribution in [0, 0.1) is 5.82 Å². The Hall–Kier alpha value is -1.76. The van der Waals surface area contributed by atoms with E-state index in [9.17, 15) is 14.0 Å². The fourth-order valence-corrected chi connectivity index (χ4v) is 3.36. The number of carboxylic acid groups (broad SMARTS) is 1. The third-order valence-corrected chi connectivity index (χ3v) is 4.56. The highest BCUT2D eigenvalue weighted by Crippen LogP contribution is 2.28. The number of amides is 2. The van der Waals surface area contributed by atoms with Crippen LogP contribution in [-0.4, -0.2) is 45.7 Å². The van der Waals surface area contributed by atoms with Crippen molar-refractivity contribution in [1.29, 1.82) is 0 Å². The molecule has 2 rings (SSSR count). The van der Waals surface area contributed by atoms with Gasteiger partial charge in [-0.3, -0.25) is 4.90 Å². The third kappa shape index (κ3) is 3.87. The Labute approximate surface area is 126 Å². The molecule has 1 heterocycles. The van der Waals surface area contributed by atoms with Crippen molar-refractivity contribution in [3.8, 4) is 0 Å². The summed E-state index contributed by atoms with van der Waals surface area (Å²) >= 11 is 1.44. The van der Waals surface area contributed by atoms with Gasteiger partial charge in [-0.15, -0.1) is 11.8 Å². The summed E-state index contributed by atoms with van der Waals surface area (Å²) in [6.07, 6.45) is 0.569. The SMILES string of the molecule is CC1SCC(C(=O)O)N1C(=O)NCCc1ccc(F)cc1. The number of nitrogens with one attached hydrogen (secondary N) is 1. The minimum atomic E-state index is -0.986. The summed E-state index contributed by atoms with van der Waals surface area (Å²) in [6, 6.07) is 4.91. The van der Waals surface area contributed by atoms with Crippen molar-refractivity contribution < 1.29 is 19.1 Å². The Bertz CT molecular complexity index is 523. The lowest BCUT2D eigenvalue weighted by atomic mass is 10.1. The van der Waals surface area contributed by atoms with Crippen LogP contribution >= 0.6 is 11.8 Å². The van der Waals surface area contributed by atoms with Gasteiger partial charge in [0.05, 0.1) is 5.37 Å². The van der Waals surface area contributed by atoms with Crippen molar-refractivity contribution in [1.82, 2.24) is 10.2 Å². The second kappa shape index (κ2) is 6.80. The van der Waals surface area contributed by atoms with E-state index in [1.807, 2.05) is 6.92 Å². The van der Waals surface area contributed by atoms with Gasteiger partial charge in [-0.25, -0.2) is 14.0 Å². The highest BCUT2D eigenvalue weighted by Gasteiger charge is 2.39. The molecule has 7 heteroatoms. The number of carbonyl (C=O) groups excluding carboxylic acids is 1. The van der Waals surface area contributed by atoms with E-state index in [1.165, 1.54) is 28.8 Å². The zero-order chi connectivity index (χ0) is 15.4. The van der Waals surface area contributed by atoms with Crippen molar-refractivity contribution in [2.45, 2.75) is 24.8 Å². The van der Waals surface area contributed by atoms with Crippen molar-refractivity contribution in [3.63, 3.8) is 0 Å². The topological polar surface area (TPSA) is 69.6 Å². The number of aliphatic carboxylic acids is 1. The van der Waals surface area contributed by atoms with Crippen LogP contribution in [0.5, 0.6) is 0 Å². The molecule has 2 N–H and O–H groups in total. The summed E-state index contributed by atoms with van der Waals surface area (Å²) < 4.78 is 12.8. The predicted molar refractivity (Wildman–Crippen MR) is 78.7 cm³/mol. The molecule has 0 aliphatic carbocycles. The molecule has 0 radical (unpaired) electrons. The van der Waals surface area contributed by atoms with Gasteiger partial charge in [0.25, 0.3) is 0 Å². The molecule has 114 valence electrons. The van der Waals surface area contributed by atoms with Crippen molar-refractivity contribution in [2.75, 3.05) is 12.3 Å². The molecule has 2 amide bonds. The maximum absolute atomic E-state index is 12.8. The summed E-state index contributed by atoms with van der Waals surface area (Å²) in [5.41, 5.74) is 0.912. The van der Waals surface area contributed by atoms with Crippen molar-refractivity contribution >= 4 is 23.8 Å². The van der Waals surface area contributed by atoms with Crippen LogP contribution in [0.15, 0.2) is 24.3 Å². The molecule has 2 atom stereocenters. The monoisotopic (exact) mass is 312 g/mol. The molecule has 0 saturated carbocycles. The highest BCUT2D eigenvalue weighted by atomic mass is 32.2. The lowest BCUT2D eigenvalue weighted by molar-refractivity contribution is -0.141. The number of benzene rings is 1. The van der Waals surface area contributed by atoms with Gasteiger partial charge in [-0.05, 0) is 31.0 Å². The van der Waals surface area contributed by atoms with Gasteiger partial charge < -0.3 is 10.4 Å². The maximum Gasteiger partial charge on any atom is 0.327 e. The first-order chi connectivity index (χ1) is 9.99. The van der Waals surface area contributed by atoms with Crippen LogP contribution in [0.4, 0.5) is 9.18 Å². The number of rotatable bonds is 4. The van der Waals surface area contributed by atoms with E-state index in [4.69, 9.17) is 5.11 Å². The molecular weight excluding hydrogens is 295 g/mol. The molecule has 21 heavy (non-hydrogen) atoms. The quantitative estimate of drug-likeness (QED) is 0.891. The number of nitrogens with zero attached hydrogens (tertiary/aromatic N) is 1. The molecule has 1 aliphatic heterocycles. The molecule has 1 saturated heterocycles. The van der Waals surface area contributed by atoms with Crippen LogP contribution < -0.4 is 5.32 Å². The lowest BCUT2D eigenvalue weighted by Gasteiger charge is -2.25. The van der Waals surface area contributed by atoms with E-state index < -0.39 is 12.0 Å². The second-order valence-electron chi connectivity index (χ2n) is 4.80. The number of carbonyl (C=O) groups is 2. The number of thioether (sulfide) groups is 1. The molecule has 1 aromatic rings. The molecule has 1 aliphatic rings. The number of urea groups is 1.